The number of ketones is 1. The maximum absolute atomic E-state index is 13.4. The van der Waals surface area contributed by atoms with Crippen molar-refractivity contribution in [2.24, 2.45) is 16.7 Å². The van der Waals surface area contributed by atoms with E-state index >= 15 is 0 Å². The Morgan fingerprint density at radius 2 is 0.860 bits per heavy atom. The number of carbonyl (C=O) groups is 1. The smallest absolute Gasteiger partial charge is 0.133 e. The molecule has 0 saturated heterocycles. The number of carbonyl (C=O) groups excluding carboxylic acids is 1. The fourth-order valence-corrected chi connectivity index (χ4v) is 7.00. The summed E-state index contributed by atoms with van der Waals surface area (Å²) in [5.41, 5.74) is 0.0896. The second-order valence-electron chi connectivity index (χ2n) is 16.8. The van der Waals surface area contributed by atoms with Crippen LogP contribution in [-0.4, -0.2) is 19.4 Å². The lowest BCUT2D eigenvalue weighted by Gasteiger charge is -2.41. The molecule has 2 nitrogen and oxygen atoms in total. The zero-order valence-corrected chi connectivity index (χ0v) is 35.1. The Kier molecular flexibility index (Phi) is 33.7. The van der Waals surface area contributed by atoms with Gasteiger partial charge in [0.1, 0.15) is 5.78 Å². The third-order valence-corrected chi connectivity index (χ3v) is 11.2. The van der Waals surface area contributed by atoms with E-state index in [2.05, 4.69) is 95.5 Å². The number of Topliss-reactive ketones (excluding diaryl/α,β-unsaturated/α-hetero) is 1. The third-order valence-electron chi connectivity index (χ3n) is 11.2. The highest BCUT2D eigenvalue weighted by Gasteiger charge is 2.38. The minimum atomic E-state index is -0.00207. The van der Waals surface area contributed by atoms with Crippen molar-refractivity contribution in [1.29, 1.82) is 0 Å². The van der Waals surface area contributed by atoms with E-state index in [-0.39, 0.29) is 10.8 Å². The second-order valence-corrected chi connectivity index (χ2v) is 16.8. The molecule has 0 aromatic carbocycles. The molecule has 0 unspecified atom stereocenters. The molecule has 0 aliphatic carbocycles. The van der Waals surface area contributed by atoms with Gasteiger partial charge in [-0.15, -0.1) is 0 Å². The van der Waals surface area contributed by atoms with Gasteiger partial charge in [0.15, 0.2) is 0 Å². The third kappa shape index (κ3) is 30.2. The van der Waals surface area contributed by atoms with Crippen LogP contribution in [0.25, 0.3) is 0 Å². The van der Waals surface area contributed by atoms with Crippen LogP contribution < -0.4 is 5.32 Å². The van der Waals surface area contributed by atoms with Gasteiger partial charge < -0.3 is 5.32 Å². The van der Waals surface area contributed by atoms with Crippen molar-refractivity contribution in [2.45, 2.75) is 221 Å². The summed E-state index contributed by atoms with van der Waals surface area (Å²) >= 11 is 0. The molecule has 2 heteroatoms. The molecule has 0 atom stereocenters. The van der Waals surface area contributed by atoms with Crippen molar-refractivity contribution in [2.75, 3.05) is 13.6 Å². The molecule has 1 N–H and O–H groups in total. The monoisotopic (exact) mass is 696 g/mol. The fraction of sp³-hybridized carbons (Fsp3) is 0.812. The molecule has 0 spiro atoms. The van der Waals surface area contributed by atoms with E-state index in [1.165, 1.54) is 154 Å². The minimum Gasteiger partial charge on any atom is -0.319 e. The summed E-state index contributed by atoms with van der Waals surface area (Å²) in [7, 11) is 2.02. The summed E-state index contributed by atoms with van der Waals surface area (Å²) < 4.78 is 0. The molecule has 0 rings (SSSR count). The average molecular weight is 696 g/mol. The first-order valence-electron chi connectivity index (χ1n) is 22.0. The number of allylic oxidation sites excluding steroid dienone is 8. The van der Waals surface area contributed by atoms with Gasteiger partial charge in [0.2, 0.25) is 0 Å². The Bertz CT molecular complexity index is 811. The van der Waals surface area contributed by atoms with Gasteiger partial charge in [-0.3, -0.25) is 4.79 Å². The lowest BCUT2D eigenvalue weighted by Crippen LogP contribution is -2.41. The standard InChI is InChI=1S/C48H89NO/c1-8-10-12-14-16-18-20-22-24-26-28-30-32-34-36-38-40-45(42-46(50)43-47(3,4)48(5,6)44-49-7)41-39-37-35-33-31-29-27-25-23-21-19-17-15-13-11-9-2/h16-19,22-25,45,49H,8-15,20-21,26-44H2,1-7H3/b18-16-,19-17-,24-22-,25-23-. The lowest BCUT2D eigenvalue weighted by molar-refractivity contribution is -0.123. The zero-order chi connectivity index (χ0) is 37.0. The Hall–Kier alpha value is -1.41. The first-order valence-corrected chi connectivity index (χ1v) is 22.0. The van der Waals surface area contributed by atoms with Crippen molar-refractivity contribution in [3.63, 3.8) is 0 Å². The van der Waals surface area contributed by atoms with E-state index in [4.69, 9.17) is 0 Å². The SMILES string of the molecule is CCCCC/C=C\C/C=C\CCCCCCCCC(CCCCCCCC/C=C\C/C=C\CCCCC)CC(=O)CC(C)(C)C(C)(C)CNC. The number of nitrogens with one attached hydrogen (secondary N) is 1. The largest absolute Gasteiger partial charge is 0.319 e. The highest BCUT2D eigenvalue weighted by atomic mass is 16.1. The minimum absolute atomic E-state index is 0.00207. The summed E-state index contributed by atoms with van der Waals surface area (Å²) in [6.07, 6.45) is 53.9. The normalized spacial score (nSPS) is 13.0. The van der Waals surface area contributed by atoms with Gasteiger partial charge >= 0.3 is 0 Å². The quantitative estimate of drug-likeness (QED) is 0.0518. The fourth-order valence-electron chi connectivity index (χ4n) is 7.00. The number of hydrogen-bond donors (Lipinski definition) is 1. The Balaban J connectivity index is 4.39. The molecular weight excluding hydrogens is 607 g/mol. The second kappa shape index (κ2) is 34.7. The zero-order valence-electron chi connectivity index (χ0n) is 35.1. The molecule has 0 aromatic rings. The van der Waals surface area contributed by atoms with Crippen LogP contribution in [0.15, 0.2) is 48.6 Å². The van der Waals surface area contributed by atoms with Gasteiger partial charge in [-0.2, -0.15) is 0 Å². The van der Waals surface area contributed by atoms with Gasteiger partial charge in [0.25, 0.3) is 0 Å². The van der Waals surface area contributed by atoms with E-state index in [1.807, 2.05) is 7.05 Å². The summed E-state index contributed by atoms with van der Waals surface area (Å²) in [6.45, 7) is 14.7. The maximum atomic E-state index is 13.4. The van der Waals surface area contributed by atoms with Crippen LogP contribution in [0.4, 0.5) is 0 Å². The topological polar surface area (TPSA) is 29.1 Å². The molecule has 0 aromatic heterocycles. The van der Waals surface area contributed by atoms with Gasteiger partial charge in [-0.25, -0.2) is 0 Å². The summed E-state index contributed by atoms with van der Waals surface area (Å²) in [5, 5.41) is 3.35. The van der Waals surface area contributed by atoms with E-state index in [0.29, 0.717) is 18.1 Å². The van der Waals surface area contributed by atoms with E-state index in [9.17, 15) is 4.79 Å². The van der Waals surface area contributed by atoms with Crippen LogP contribution in [-0.2, 0) is 4.79 Å². The van der Waals surface area contributed by atoms with Crippen LogP contribution in [0.2, 0.25) is 0 Å². The highest BCUT2D eigenvalue weighted by molar-refractivity contribution is 5.79. The van der Waals surface area contributed by atoms with Crippen LogP contribution in [0.1, 0.15) is 221 Å². The van der Waals surface area contributed by atoms with Gasteiger partial charge in [0, 0.05) is 19.4 Å². The number of hydrogen-bond acceptors (Lipinski definition) is 2. The first-order chi connectivity index (χ1) is 24.2. The molecule has 0 saturated carbocycles. The van der Waals surface area contributed by atoms with E-state index in [1.54, 1.807) is 0 Å². The Labute approximate surface area is 315 Å². The van der Waals surface area contributed by atoms with Crippen molar-refractivity contribution >= 4 is 5.78 Å². The first kappa shape index (κ1) is 48.6. The van der Waals surface area contributed by atoms with Crippen molar-refractivity contribution in [3.8, 4) is 0 Å². The molecule has 50 heavy (non-hydrogen) atoms. The molecule has 0 aliphatic rings. The van der Waals surface area contributed by atoms with Crippen LogP contribution >= 0.6 is 0 Å². The predicted octanol–water partition coefficient (Wildman–Crippen LogP) is 15.6. The molecule has 0 aliphatic heterocycles. The van der Waals surface area contributed by atoms with Gasteiger partial charge in [-0.05, 0) is 88.0 Å². The van der Waals surface area contributed by atoms with Crippen molar-refractivity contribution < 1.29 is 4.79 Å². The van der Waals surface area contributed by atoms with Crippen molar-refractivity contribution in [3.05, 3.63) is 48.6 Å². The molecule has 0 heterocycles. The molecule has 0 radical (unpaired) electrons. The van der Waals surface area contributed by atoms with E-state index < -0.39 is 0 Å². The highest BCUT2D eigenvalue weighted by Crippen LogP contribution is 2.41. The van der Waals surface area contributed by atoms with Crippen LogP contribution in [0.5, 0.6) is 0 Å². The molecule has 0 bridgehead atoms. The molecular formula is C48H89NO. The van der Waals surface area contributed by atoms with E-state index in [0.717, 1.165) is 25.8 Å². The Morgan fingerprint density at radius 3 is 1.24 bits per heavy atom. The summed E-state index contributed by atoms with van der Waals surface area (Å²) in [5.74, 6) is 1.06. The predicted molar refractivity (Wildman–Crippen MR) is 227 cm³/mol. The number of rotatable bonds is 37. The maximum Gasteiger partial charge on any atom is 0.133 e. The van der Waals surface area contributed by atoms with Crippen LogP contribution in [0.3, 0.4) is 0 Å². The number of unbranched alkanes of at least 4 members (excludes halogenated alkanes) is 18. The average Bonchev–Trinajstić information content (AvgIpc) is 3.07. The van der Waals surface area contributed by atoms with Crippen molar-refractivity contribution in [1.82, 2.24) is 5.32 Å². The van der Waals surface area contributed by atoms with Gasteiger partial charge in [-0.1, -0.05) is 193 Å². The summed E-state index contributed by atoms with van der Waals surface area (Å²) in [4.78, 5) is 13.4. The molecule has 0 amide bonds. The van der Waals surface area contributed by atoms with Gasteiger partial charge in [0.05, 0.1) is 0 Å². The molecule has 292 valence electrons. The lowest BCUT2D eigenvalue weighted by atomic mass is 9.65. The Morgan fingerprint density at radius 1 is 0.500 bits per heavy atom. The molecule has 0 fully saturated rings. The summed E-state index contributed by atoms with van der Waals surface area (Å²) in [6, 6.07) is 0. The van der Waals surface area contributed by atoms with Crippen LogP contribution in [0, 0.1) is 16.7 Å².